The summed E-state index contributed by atoms with van der Waals surface area (Å²) < 4.78 is 25.2. The van der Waals surface area contributed by atoms with E-state index in [1.807, 2.05) is 30.3 Å². The first kappa shape index (κ1) is 24.5. The van der Waals surface area contributed by atoms with Crippen LogP contribution >= 0.6 is 11.6 Å². The van der Waals surface area contributed by atoms with Crippen molar-refractivity contribution in [1.29, 1.82) is 0 Å². The largest absolute Gasteiger partial charge is 0.483 e. The number of aromatic nitrogens is 2. The van der Waals surface area contributed by atoms with Crippen molar-refractivity contribution in [2.45, 2.75) is 6.61 Å². The second-order valence-corrected chi connectivity index (χ2v) is 7.25. The van der Waals surface area contributed by atoms with Crippen molar-refractivity contribution in [2.24, 2.45) is 5.73 Å². The minimum absolute atomic E-state index is 0.0329. The van der Waals surface area contributed by atoms with E-state index in [0.29, 0.717) is 5.02 Å². The van der Waals surface area contributed by atoms with Crippen LogP contribution in [0.1, 0.15) is 5.56 Å². The lowest BCUT2D eigenvalue weighted by Gasteiger charge is -2.16. The molecule has 0 unspecified atom stereocenters. The van der Waals surface area contributed by atoms with E-state index in [1.165, 1.54) is 43.7 Å². The second kappa shape index (κ2) is 11.6. The lowest BCUT2D eigenvalue weighted by atomic mass is 10.2. The number of carbonyl (C=O) groups excluding carboxylic acids is 1. The summed E-state index contributed by atoms with van der Waals surface area (Å²) in [5, 5.41) is 3.33. The molecule has 0 aliphatic carbocycles. The first-order valence-corrected chi connectivity index (χ1v) is 10.4. The summed E-state index contributed by atoms with van der Waals surface area (Å²) in [7, 11) is 1.23. The highest BCUT2D eigenvalue weighted by atomic mass is 35.5. The maximum Gasteiger partial charge on any atom is 0.341 e. The molecule has 34 heavy (non-hydrogen) atoms. The molecule has 0 radical (unpaired) electrons. The number of allylic oxidation sites excluding steroid dienone is 2. The highest BCUT2D eigenvalue weighted by molar-refractivity contribution is 6.30. The van der Waals surface area contributed by atoms with E-state index in [4.69, 9.17) is 26.8 Å². The molecule has 3 rings (SSSR count). The van der Waals surface area contributed by atoms with Crippen LogP contribution in [-0.2, 0) is 16.1 Å². The Morgan fingerprint density at radius 1 is 1.26 bits per heavy atom. The monoisotopic (exact) mass is 480 g/mol. The number of methoxy groups -OCH3 is 1. The minimum atomic E-state index is -0.676. The van der Waals surface area contributed by atoms with Gasteiger partial charge in [0.25, 0.3) is 0 Å². The fraction of sp³-hybridized carbons (Fsp3) is 0.0800. The number of nitrogens with one attached hydrogen (secondary N) is 1. The highest BCUT2D eigenvalue weighted by Crippen LogP contribution is 2.30. The van der Waals surface area contributed by atoms with Crippen molar-refractivity contribution >= 4 is 23.4 Å². The van der Waals surface area contributed by atoms with E-state index in [1.54, 1.807) is 0 Å². The van der Waals surface area contributed by atoms with E-state index in [0.717, 1.165) is 11.8 Å². The average molecular weight is 481 g/mol. The van der Waals surface area contributed by atoms with Gasteiger partial charge in [-0.3, -0.25) is 0 Å². The van der Waals surface area contributed by atoms with Gasteiger partial charge in [-0.05, 0) is 29.8 Å². The Morgan fingerprint density at radius 2 is 2.03 bits per heavy atom. The number of hydrogen-bond donors (Lipinski definition) is 2. The summed E-state index contributed by atoms with van der Waals surface area (Å²) in [6, 6.07) is 13.5. The molecule has 174 valence electrons. The highest BCUT2D eigenvalue weighted by Gasteiger charge is 2.19. The van der Waals surface area contributed by atoms with Crippen molar-refractivity contribution in [1.82, 2.24) is 9.97 Å². The fourth-order valence-electron chi connectivity index (χ4n) is 2.92. The number of ether oxygens (including phenoxy) is 2. The Kier molecular flexibility index (Phi) is 8.37. The van der Waals surface area contributed by atoms with Gasteiger partial charge in [0.15, 0.2) is 17.4 Å². The van der Waals surface area contributed by atoms with Crippen molar-refractivity contribution in [3.8, 4) is 17.1 Å². The van der Waals surface area contributed by atoms with E-state index in [9.17, 15) is 9.18 Å². The number of nitrogens with two attached hydrogens (primary N) is 1. The number of halogens is 2. The summed E-state index contributed by atoms with van der Waals surface area (Å²) in [5.41, 5.74) is 6.95. The number of esters is 1. The molecule has 0 saturated carbocycles. The topological polar surface area (TPSA) is 99.4 Å². The van der Waals surface area contributed by atoms with Gasteiger partial charge in [0.1, 0.15) is 12.4 Å². The first-order chi connectivity index (χ1) is 16.5. The van der Waals surface area contributed by atoms with Crippen LogP contribution in [0.3, 0.4) is 0 Å². The maximum absolute atomic E-state index is 14.5. The molecular formula is C25H22ClFN4O3. The van der Waals surface area contributed by atoms with Gasteiger partial charge in [-0.2, -0.15) is 0 Å². The van der Waals surface area contributed by atoms with E-state index in [2.05, 4.69) is 21.9 Å². The molecular weight excluding hydrogens is 459 g/mol. The molecule has 0 saturated heterocycles. The summed E-state index contributed by atoms with van der Waals surface area (Å²) in [5.74, 6) is -0.746. The third-order valence-corrected chi connectivity index (χ3v) is 4.80. The van der Waals surface area contributed by atoms with Crippen molar-refractivity contribution in [3.05, 3.63) is 107 Å². The number of nitrogens with zero attached hydrogens (tertiary/aromatic N) is 2. The minimum Gasteiger partial charge on any atom is -0.483 e. The van der Waals surface area contributed by atoms with Crippen molar-refractivity contribution in [2.75, 3.05) is 12.4 Å². The standard InChI is InChI=1S/C25H22ClFN4O3/c1-3-7-21(19(13-28)25(32)33-2)30-24-22(34-15-16-8-5-4-6-9-16)14-29-23(31-24)18-12-17(26)10-11-20(18)27/h3-14H,1,15,28H2,2H3,(H,29,30,31)/b19-13+,21-7+. The molecule has 1 aromatic heterocycles. The van der Waals surface area contributed by atoms with Gasteiger partial charge >= 0.3 is 5.97 Å². The Labute approximate surface area is 201 Å². The molecule has 0 amide bonds. The summed E-state index contributed by atoms with van der Waals surface area (Å²) in [6.45, 7) is 3.89. The summed E-state index contributed by atoms with van der Waals surface area (Å²) >= 11 is 6.04. The van der Waals surface area contributed by atoms with Gasteiger partial charge in [-0.25, -0.2) is 19.2 Å². The SMILES string of the molecule is C=C/C=C(Nc1nc(-c2cc(Cl)ccc2F)ncc1OCc1ccccc1)\C(=C/N)C(=O)OC. The Balaban J connectivity index is 2.05. The quantitative estimate of drug-likeness (QED) is 0.252. The molecule has 7 nitrogen and oxygen atoms in total. The molecule has 0 bridgehead atoms. The van der Waals surface area contributed by atoms with E-state index < -0.39 is 11.8 Å². The summed E-state index contributed by atoms with van der Waals surface area (Å²) in [6.07, 6.45) is 5.47. The number of hydrogen-bond acceptors (Lipinski definition) is 7. The number of rotatable bonds is 9. The average Bonchev–Trinajstić information content (AvgIpc) is 2.85. The van der Waals surface area contributed by atoms with Gasteiger partial charge in [0.05, 0.1) is 30.1 Å². The smallest absolute Gasteiger partial charge is 0.341 e. The Morgan fingerprint density at radius 3 is 2.71 bits per heavy atom. The van der Waals surface area contributed by atoms with Crippen LogP contribution < -0.4 is 15.8 Å². The third kappa shape index (κ3) is 5.99. The van der Waals surface area contributed by atoms with Gasteiger partial charge in [-0.1, -0.05) is 54.6 Å². The number of anilines is 1. The van der Waals surface area contributed by atoms with Gasteiger partial charge in [-0.15, -0.1) is 0 Å². The molecule has 0 fully saturated rings. The second-order valence-electron chi connectivity index (χ2n) is 6.82. The zero-order valence-electron chi connectivity index (χ0n) is 18.3. The molecule has 0 aliphatic rings. The number of carbonyl (C=O) groups is 1. The maximum atomic E-state index is 14.5. The molecule has 2 aromatic carbocycles. The first-order valence-electron chi connectivity index (χ1n) is 10.1. The van der Waals surface area contributed by atoms with Crippen LogP contribution in [0.5, 0.6) is 5.75 Å². The molecule has 9 heteroatoms. The van der Waals surface area contributed by atoms with Crippen LogP contribution in [0.2, 0.25) is 5.02 Å². The van der Waals surface area contributed by atoms with Crippen LogP contribution in [0, 0.1) is 5.82 Å². The van der Waals surface area contributed by atoms with E-state index in [-0.39, 0.29) is 40.8 Å². The number of benzene rings is 2. The zero-order valence-corrected chi connectivity index (χ0v) is 19.1. The lowest BCUT2D eigenvalue weighted by molar-refractivity contribution is -0.135. The van der Waals surface area contributed by atoms with Crippen LogP contribution in [0.4, 0.5) is 10.2 Å². The van der Waals surface area contributed by atoms with Crippen molar-refractivity contribution < 1.29 is 18.7 Å². The van der Waals surface area contributed by atoms with Crippen LogP contribution in [0.15, 0.2) is 90.9 Å². The predicted molar refractivity (Wildman–Crippen MR) is 129 cm³/mol. The Bertz CT molecular complexity index is 1250. The normalized spacial score (nSPS) is 11.6. The predicted octanol–water partition coefficient (Wildman–Crippen LogP) is 5.01. The lowest BCUT2D eigenvalue weighted by Crippen LogP contribution is -2.16. The summed E-state index contributed by atoms with van der Waals surface area (Å²) in [4.78, 5) is 20.9. The van der Waals surface area contributed by atoms with Gasteiger partial charge in [0, 0.05) is 11.2 Å². The zero-order chi connectivity index (χ0) is 24.5. The van der Waals surface area contributed by atoms with Crippen molar-refractivity contribution in [3.63, 3.8) is 0 Å². The van der Waals surface area contributed by atoms with Crippen LogP contribution in [0.25, 0.3) is 11.4 Å². The van der Waals surface area contributed by atoms with Gasteiger partial charge < -0.3 is 20.5 Å². The molecule has 3 N–H and O–H groups in total. The molecule has 3 aromatic rings. The molecule has 0 atom stereocenters. The van der Waals surface area contributed by atoms with Gasteiger partial charge in [0.2, 0.25) is 0 Å². The Hall–Kier alpha value is -4.17. The fourth-order valence-corrected chi connectivity index (χ4v) is 3.09. The third-order valence-electron chi connectivity index (χ3n) is 4.56. The molecule has 0 aliphatic heterocycles. The van der Waals surface area contributed by atoms with E-state index >= 15 is 0 Å². The molecule has 0 spiro atoms. The van der Waals surface area contributed by atoms with Crippen LogP contribution in [-0.4, -0.2) is 23.0 Å². The molecule has 1 heterocycles.